The van der Waals surface area contributed by atoms with E-state index in [-0.39, 0.29) is 22.8 Å². The SMILES string of the molecule is NC(=O)COc1ccccc1C(=O)Nc1cccc(S(=O)(=O)N2CCCC2)c1. The summed E-state index contributed by atoms with van der Waals surface area (Å²) in [4.78, 5) is 23.7. The highest BCUT2D eigenvalue weighted by Crippen LogP contribution is 2.24. The van der Waals surface area contributed by atoms with Gasteiger partial charge in [0.15, 0.2) is 6.61 Å². The molecule has 1 saturated heterocycles. The molecule has 9 heteroatoms. The quantitative estimate of drug-likeness (QED) is 0.728. The van der Waals surface area contributed by atoms with Gasteiger partial charge in [0.2, 0.25) is 10.0 Å². The molecule has 1 heterocycles. The Kier molecular flexibility index (Phi) is 5.96. The number of ether oxygens (including phenoxy) is 1. The van der Waals surface area contributed by atoms with Gasteiger partial charge in [-0.15, -0.1) is 0 Å². The van der Waals surface area contributed by atoms with Crippen LogP contribution in [0.2, 0.25) is 0 Å². The minimum atomic E-state index is -3.58. The number of nitrogens with two attached hydrogens (primary N) is 1. The Morgan fingerprint density at radius 2 is 1.79 bits per heavy atom. The summed E-state index contributed by atoms with van der Waals surface area (Å²) in [5.74, 6) is -0.939. The summed E-state index contributed by atoms with van der Waals surface area (Å²) in [5.41, 5.74) is 5.62. The normalized spacial score (nSPS) is 14.6. The highest BCUT2D eigenvalue weighted by atomic mass is 32.2. The maximum atomic E-state index is 12.7. The first-order chi connectivity index (χ1) is 13.4. The van der Waals surface area contributed by atoms with Crippen LogP contribution < -0.4 is 15.8 Å². The van der Waals surface area contributed by atoms with E-state index in [1.54, 1.807) is 30.3 Å². The minimum absolute atomic E-state index is 0.130. The number of benzene rings is 2. The van der Waals surface area contributed by atoms with Crippen molar-refractivity contribution in [1.82, 2.24) is 4.31 Å². The summed E-state index contributed by atoms with van der Waals surface area (Å²) < 4.78 is 32.1. The molecular formula is C19H21N3O5S. The van der Waals surface area contributed by atoms with Crippen LogP contribution in [-0.2, 0) is 14.8 Å². The summed E-state index contributed by atoms with van der Waals surface area (Å²) in [6, 6.07) is 12.5. The molecule has 2 aromatic carbocycles. The van der Waals surface area contributed by atoms with Crippen LogP contribution in [0.1, 0.15) is 23.2 Å². The first-order valence-corrected chi connectivity index (χ1v) is 10.2. The molecule has 0 unspecified atom stereocenters. The van der Waals surface area contributed by atoms with Crippen molar-refractivity contribution >= 4 is 27.5 Å². The van der Waals surface area contributed by atoms with Crippen molar-refractivity contribution in [3.05, 3.63) is 54.1 Å². The van der Waals surface area contributed by atoms with Gasteiger partial charge in [-0.25, -0.2) is 8.42 Å². The van der Waals surface area contributed by atoms with Crippen molar-refractivity contribution in [1.29, 1.82) is 0 Å². The molecule has 8 nitrogen and oxygen atoms in total. The van der Waals surface area contributed by atoms with Gasteiger partial charge in [0.05, 0.1) is 10.5 Å². The molecule has 1 fully saturated rings. The van der Waals surface area contributed by atoms with Crippen LogP contribution >= 0.6 is 0 Å². The molecule has 0 aliphatic carbocycles. The van der Waals surface area contributed by atoms with E-state index in [1.165, 1.54) is 22.5 Å². The Labute approximate surface area is 163 Å². The summed E-state index contributed by atoms with van der Waals surface area (Å²) in [5, 5.41) is 2.67. The Bertz CT molecular complexity index is 985. The number of hydrogen-bond donors (Lipinski definition) is 2. The Balaban J connectivity index is 1.79. The molecule has 3 N–H and O–H groups in total. The molecule has 2 aromatic rings. The average Bonchev–Trinajstić information content (AvgIpc) is 3.22. The van der Waals surface area contributed by atoms with Crippen LogP contribution in [0, 0.1) is 0 Å². The van der Waals surface area contributed by atoms with E-state index in [0.29, 0.717) is 18.8 Å². The Morgan fingerprint density at radius 3 is 2.50 bits per heavy atom. The van der Waals surface area contributed by atoms with E-state index in [2.05, 4.69) is 5.32 Å². The van der Waals surface area contributed by atoms with Crippen molar-refractivity contribution in [2.75, 3.05) is 25.0 Å². The maximum absolute atomic E-state index is 12.7. The van der Waals surface area contributed by atoms with E-state index in [0.717, 1.165) is 12.8 Å². The highest BCUT2D eigenvalue weighted by molar-refractivity contribution is 7.89. The molecule has 28 heavy (non-hydrogen) atoms. The number of carbonyl (C=O) groups excluding carboxylic acids is 2. The highest BCUT2D eigenvalue weighted by Gasteiger charge is 2.27. The smallest absolute Gasteiger partial charge is 0.259 e. The lowest BCUT2D eigenvalue weighted by molar-refractivity contribution is -0.119. The van der Waals surface area contributed by atoms with Crippen LogP contribution in [0.5, 0.6) is 5.75 Å². The van der Waals surface area contributed by atoms with Gasteiger partial charge in [-0.1, -0.05) is 18.2 Å². The zero-order valence-corrected chi connectivity index (χ0v) is 15.9. The lowest BCUT2D eigenvalue weighted by Crippen LogP contribution is -2.28. The fourth-order valence-corrected chi connectivity index (χ4v) is 4.50. The van der Waals surface area contributed by atoms with Gasteiger partial charge in [0.25, 0.3) is 11.8 Å². The molecule has 0 spiro atoms. The molecule has 2 amide bonds. The standard InChI is InChI=1S/C19H21N3O5S/c20-18(23)13-27-17-9-2-1-8-16(17)19(24)21-14-6-5-7-15(12-14)28(25,26)22-10-3-4-11-22/h1-2,5-9,12H,3-4,10-11,13H2,(H2,20,23)(H,21,24). The van der Waals surface area contributed by atoms with Crippen LogP contribution in [0.15, 0.2) is 53.4 Å². The maximum Gasteiger partial charge on any atom is 0.259 e. The molecular weight excluding hydrogens is 382 g/mol. The Morgan fingerprint density at radius 1 is 1.07 bits per heavy atom. The lowest BCUT2D eigenvalue weighted by Gasteiger charge is -2.16. The number of nitrogens with zero attached hydrogens (tertiary/aromatic N) is 1. The second-order valence-electron chi connectivity index (χ2n) is 6.34. The number of rotatable bonds is 7. The predicted octanol–water partition coefficient (Wildman–Crippen LogP) is 1.59. The molecule has 1 aliphatic heterocycles. The molecule has 0 bridgehead atoms. The number of hydrogen-bond acceptors (Lipinski definition) is 5. The molecule has 0 aromatic heterocycles. The van der Waals surface area contributed by atoms with Crippen LogP contribution in [-0.4, -0.2) is 44.2 Å². The van der Waals surface area contributed by atoms with E-state index in [4.69, 9.17) is 10.5 Å². The minimum Gasteiger partial charge on any atom is -0.483 e. The van der Waals surface area contributed by atoms with Gasteiger partial charge in [-0.2, -0.15) is 4.31 Å². The largest absolute Gasteiger partial charge is 0.483 e. The number of para-hydroxylation sites is 1. The number of sulfonamides is 1. The zero-order chi connectivity index (χ0) is 20.1. The monoisotopic (exact) mass is 403 g/mol. The van der Waals surface area contributed by atoms with Crippen molar-refractivity contribution in [2.24, 2.45) is 5.73 Å². The third-order valence-corrected chi connectivity index (χ3v) is 6.19. The third-order valence-electron chi connectivity index (χ3n) is 4.30. The van der Waals surface area contributed by atoms with E-state index in [1.807, 2.05) is 0 Å². The van der Waals surface area contributed by atoms with Crippen molar-refractivity contribution in [2.45, 2.75) is 17.7 Å². The molecule has 0 saturated carbocycles. The topological polar surface area (TPSA) is 119 Å². The van der Waals surface area contributed by atoms with Crippen molar-refractivity contribution in [3.63, 3.8) is 0 Å². The van der Waals surface area contributed by atoms with Gasteiger partial charge >= 0.3 is 0 Å². The summed E-state index contributed by atoms with van der Waals surface area (Å²) in [6.07, 6.45) is 1.69. The average molecular weight is 403 g/mol. The second kappa shape index (κ2) is 8.41. The van der Waals surface area contributed by atoms with Gasteiger partial charge in [0, 0.05) is 18.8 Å². The van der Waals surface area contributed by atoms with Crippen LogP contribution in [0.3, 0.4) is 0 Å². The number of carbonyl (C=O) groups is 2. The van der Waals surface area contributed by atoms with Crippen molar-refractivity contribution < 1.29 is 22.7 Å². The van der Waals surface area contributed by atoms with Crippen LogP contribution in [0.25, 0.3) is 0 Å². The van der Waals surface area contributed by atoms with Gasteiger partial charge in [-0.3, -0.25) is 9.59 Å². The zero-order valence-electron chi connectivity index (χ0n) is 15.1. The third kappa shape index (κ3) is 4.49. The number of primary amides is 1. The Hall–Kier alpha value is -2.91. The molecule has 1 aliphatic rings. The molecule has 3 rings (SSSR count). The molecule has 0 radical (unpaired) electrons. The fourth-order valence-electron chi connectivity index (χ4n) is 2.94. The second-order valence-corrected chi connectivity index (χ2v) is 8.28. The van der Waals surface area contributed by atoms with Gasteiger partial charge in [0.1, 0.15) is 5.75 Å². The van der Waals surface area contributed by atoms with E-state index in [9.17, 15) is 18.0 Å². The van der Waals surface area contributed by atoms with E-state index < -0.39 is 21.8 Å². The van der Waals surface area contributed by atoms with Gasteiger partial charge < -0.3 is 15.8 Å². The summed E-state index contributed by atoms with van der Waals surface area (Å²) in [6.45, 7) is 0.654. The summed E-state index contributed by atoms with van der Waals surface area (Å²) >= 11 is 0. The fraction of sp³-hybridized carbons (Fsp3) is 0.263. The first-order valence-electron chi connectivity index (χ1n) is 8.79. The number of amides is 2. The van der Waals surface area contributed by atoms with Crippen LogP contribution in [0.4, 0.5) is 5.69 Å². The molecule has 0 atom stereocenters. The predicted molar refractivity (Wildman–Crippen MR) is 104 cm³/mol. The first kappa shape index (κ1) is 19.8. The van der Waals surface area contributed by atoms with Crippen molar-refractivity contribution in [3.8, 4) is 5.75 Å². The molecule has 148 valence electrons. The number of anilines is 1. The van der Waals surface area contributed by atoms with Gasteiger partial charge in [-0.05, 0) is 43.2 Å². The number of nitrogens with one attached hydrogen (secondary N) is 1. The lowest BCUT2D eigenvalue weighted by atomic mass is 10.2. The van der Waals surface area contributed by atoms with E-state index >= 15 is 0 Å². The summed E-state index contributed by atoms with van der Waals surface area (Å²) in [7, 11) is -3.58.